The maximum atomic E-state index is 11.9. The van der Waals surface area contributed by atoms with Crippen molar-refractivity contribution in [2.75, 3.05) is 19.0 Å². The van der Waals surface area contributed by atoms with Crippen molar-refractivity contribution in [3.63, 3.8) is 0 Å². The average molecular weight is 315 g/mol. The number of anilines is 1. The predicted molar refractivity (Wildman–Crippen MR) is 84.8 cm³/mol. The lowest BCUT2D eigenvalue weighted by Crippen LogP contribution is -2.21. The summed E-state index contributed by atoms with van der Waals surface area (Å²) in [6.45, 7) is 1.21. The van der Waals surface area contributed by atoms with Crippen LogP contribution in [0.1, 0.15) is 15.9 Å². The lowest BCUT2D eigenvalue weighted by Gasteiger charge is -2.09. The number of phenols is 1. The number of para-hydroxylation sites is 1. The van der Waals surface area contributed by atoms with E-state index < -0.39 is 18.5 Å². The van der Waals surface area contributed by atoms with Crippen LogP contribution in [-0.2, 0) is 9.53 Å². The molecule has 2 rings (SSSR count). The zero-order chi connectivity index (χ0) is 16.8. The van der Waals surface area contributed by atoms with Crippen molar-refractivity contribution in [2.45, 2.75) is 6.92 Å². The van der Waals surface area contributed by atoms with E-state index in [-0.39, 0.29) is 11.3 Å². The number of carbonyl (C=O) groups excluding carboxylic acids is 2. The third-order valence-corrected chi connectivity index (χ3v) is 3.15. The number of hydrogen-bond acceptors (Lipinski definition) is 5. The van der Waals surface area contributed by atoms with Crippen LogP contribution in [0.3, 0.4) is 0 Å². The zero-order valence-electron chi connectivity index (χ0n) is 12.8. The maximum absolute atomic E-state index is 11.9. The van der Waals surface area contributed by atoms with Gasteiger partial charge in [0.15, 0.2) is 6.61 Å². The summed E-state index contributed by atoms with van der Waals surface area (Å²) in [6.07, 6.45) is 0. The van der Waals surface area contributed by atoms with Gasteiger partial charge in [-0.2, -0.15) is 0 Å². The first-order valence-electron chi connectivity index (χ1n) is 6.91. The van der Waals surface area contributed by atoms with Gasteiger partial charge in [0.05, 0.1) is 7.11 Å². The third kappa shape index (κ3) is 4.23. The van der Waals surface area contributed by atoms with Crippen molar-refractivity contribution < 1.29 is 24.2 Å². The van der Waals surface area contributed by atoms with Crippen LogP contribution in [0.25, 0.3) is 0 Å². The van der Waals surface area contributed by atoms with Crippen LogP contribution in [0.5, 0.6) is 11.5 Å². The Labute approximate surface area is 133 Å². The molecule has 0 aliphatic rings. The minimum absolute atomic E-state index is 0.0270. The molecule has 0 fully saturated rings. The van der Waals surface area contributed by atoms with Crippen molar-refractivity contribution in [3.05, 3.63) is 53.6 Å². The number of aromatic hydroxyl groups is 1. The molecule has 2 N–H and O–H groups in total. The van der Waals surface area contributed by atoms with E-state index in [1.165, 1.54) is 13.2 Å². The summed E-state index contributed by atoms with van der Waals surface area (Å²) in [5.74, 6) is -0.791. The van der Waals surface area contributed by atoms with Gasteiger partial charge in [-0.05, 0) is 30.7 Å². The molecule has 0 aromatic heterocycles. The number of methoxy groups -OCH3 is 1. The lowest BCUT2D eigenvalue weighted by molar-refractivity contribution is -0.119. The highest BCUT2D eigenvalue weighted by Gasteiger charge is 2.15. The van der Waals surface area contributed by atoms with Crippen molar-refractivity contribution >= 4 is 17.6 Å². The molecule has 2 aromatic rings. The van der Waals surface area contributed by atoms with Gasteiger partial charge in [0.1, 0.15) is 17.1 Å². The van der Waals surface area contributed by atoms with E-state index in [4.69, 9.17) is 9.47 Å². The van der Waals surface area contributed by atoms with E-state index in [1.807, 2.05) is 0 Å². The summed E-state index contributed by atoms with van der Waals surface area (Å²) in [4.78, 5) is 23.7. The van der Waals surface area contributed by atoms with Gasteiger partial charge in [0, 0.05) is 11.8 Å². The van der Waals surface area contributed by atoms with Crippen LogP contribution in [-0.4, -0.2) is 30.7 Å². The van der Waals surface area contributed by atoms with Crippen LogP contribution in [0.2, 0.25) is 0 Å². The zero-order valence-corrected chi connectivity index (χ0v) is 12.8. The summed E-state index contributed by atoms with van der Waals surface area (Å²) in [7, 11) is 1.52. The molecule has 0 bridgehead atoms. The Morgan fingerprint density at radius 1 is 1.17 bits per heavy atom. The normalized spacial score (nSPS) is 10.0. The van der Waals surface area contributed by atoms with E-state index in [0.29, 0.717) is 17.0 Å². The maximum Gasteiger partial charge on any atom is 0.342 e. The molecule has 23 heavy (non-hydrogen) atoms. The minimum Gasteiger partial charge on any atom is -0.507 e. The summed E-state index contributed by atoms with van der Waals surface area (Å²) in [5.41, 5.74) is 1.11. The highest BCUT2D eigenvalue weighted by molar-refractivity contribution is 5.97. The molecule has 0 atom stereocenters. The van der Waals surface area contributed by atoms with E-state index in [1.54, 1.807) is 43.3 Å². The molecular formula is C17H17NO5. The number of phenolic OH excluding ortho intramolecular Hbond substituents is 1. The van der Waals surface area contributed by atoms with E-state index in [9.17, 15) is 14.7 Å². The van der Waals surface area contributed by atoms with Gasteiger partial charge in [-0.25, -0.2) is 4.79 Å². The molecule has 0 saturated heterocycles. The highest BCUT2D eigenvalue weighted by atomic mass is 16.5. The molecular weight excluding hydrogens is 298 g/mol. The number of carbonyl (C=O) groups is 2. The summed E-state index contributed by atoms with van der Waals surface area (Å²) in [5, 5.41) is 12.4. The topological polar surface area (TPSA) is 84.9 Å². The predicted octanol–water partition coefficient (Wildman–Crippen LogP) is 2.50. The van der Waals surface area contributed by atoms with Crippen LogP contribution < -0.4 is 10.1 Å². The monoisotopic (exact) mass is 315 g/mol. The largest absolute Gasteiger partial charge is 0.507 e. The summed E-state index contributed by atoms with van der Waals surface area (Å²) < 4.78 is 9.96. The fourth-order valence-electron chi connectivity index (χ4n) is 1.93. The SMILES string of the molecule is COc1cccc(NC(=O)COC(=O)c2cccc(C)c2O)c1. The van der Waals surface area contributed by atoms with Gasteiger partial charge in [-0.3, -0.25) is 4.79 Å². The van der Waals surface area contributed by atoms with Crippen LogP contribution in [0, 0.1) is 6.92 Å². The molecule has 0 spiro atoms. The number of benzene rings is 2. The minimum atomic E-state index is -0.757. The number of nitrogens with one attached hydrogen (secondary N) is 1. The summed E-state index contributed by atoms with van der Waals surface area (Å²) >= 11 is 0. The Balaban J connectivity index is 1.93. The van der Waals surface area contributed by atoms with Crippen LogP contribution >= 0.6 is 0 Å². The van der Waals surface area contributed by atoms with Crippen molar-refractivity contribution in [3.8, 4) is 11.5 Å². The van der Waals surface area contributed by atoms with Gasteiger partial charge < -0.3 is 19.9 Å². The Morgan fingerprint density at radius 3 is 2.65 bits per heavy atom. The quantitative estimate of drug-likeness (QED) is 0.828. The van der Waals surface area contributed by atoms with Crippen molar-refractivity contribution in [2.24, 2.45) is 0 Å². The van der Waals surface area contributed by atoms with Gasteiger partial charge in [-0.1, -0.05) is 18.2 Å². The Hall–Kier alpha value is -3.02. The second-order valence-corrected chi connectivity index (χ2v) is 4.83. The number of hydrogen-bond donors (Lipinski definition) is 2. The van der Waals surface area contributed by atoms with E-state index in [0.717, 1.165) is 0 Å². The number of ether oxygens (including phenoxy) is 2. The number of amides is 1. The highest BCUT2D eigenvalue weighted by Crippen LogP contribution is 2.22. The smallest absolute Gasteiger partial charge is 0.342 e. The first-order chi connectivity index (χ1) is 11.0. The van der Waals surface area contributed by atoms with Crippen LogP contribution in [0.15, 0.2) is 42.5 Å². The molecule has 6 heteroatoms. The van der Waals surface area contributed by atoms with Gasteiger partial charge in [0.2, 0.25) is 0 Å². The second-order valence-electron chi connectivity index (χ2n) is 4.83. The molecule has 0 unspecified atom stereocenters. The Bertz CT molecular complexity index is 727. The second kappa shape index (κ2) is 7.31. The molecule has 6 nitrogen and oxygen atoms in total. The average Bonchev–Trinajstić information content (AvgIpc) is 2.55. The Kier molecular flexibility index (Phi) is 5.19. The number of aryl methyl sites for hydroxylation is 1. The molecule has 1 amide bonds. The molecule has 2 aromatic carbocycles. The van der Waals surface area contributed by atoms with Gasteiger partial charge in [-0.15, -0.1) is 0 Å². The Morgan fingerprint density at radius 2 is 1.91 bits per heavy atom. The number of rotatable bonds is 5. The van der Waals surface area contributed by atoms with E-state index in [2.05, 4.69) is 5.32 Å². The molecule has 0 saturated carbocycles. The standard InChI is InChI=1S/C17H17NO5/c1-11-5-3-8-14(16(11)20)17(21)23-10-15(19)18-12-6-4-7-13(9-12)22-2/h3-9,20H,10H2,1-2H3,(H,18,19). The van der Waals surface area contributed by atoms with Crippen LogP contribution in [0.4, 0.5) is 5.69 Å². The first kappa shape index (κ1) is 16.4. The molecule has 0 aliphatic carbocycles. The molecule has 0 heterocycles. The van der Waals surface area contributed by atoms with Crippen molar-refractivity contribution in [1.29, 1.82) is 0 Å². The third-order valence-electron chi connectivity index (χ3n) is 3.15. The molecule has 120 valence electrons. The number of esters is 1. The molecule has 0 radical (unpaired) electrons. The van der Waals surface area contributed by atoms with Gasteiger partial charge >= 0.3 is 5.97 Å². The van der Waals surface area contributed by atoms with E-state index >= 15 is 0 Å². The first-order valence-corrected chi connectivity index (χ1v) is 6.91. The summed E-state index contributed by atoms with van der Waals surface area (Å²) in [6, 6.07) is 11.5. The van der Waals surface area contributed by atoms with Crippen molar-refractivity contribution in [1.82, 2.24) is 0 Å². The lowest BCUT2D eigenvalue weighted by atomic mass is 10.1. The van der Waals surface area contributed by atoms with Gasteiger partial charge in [0.25, 0.3) is 5.91 Å². The fourth-order valence-corrected chi connectivity index (χ4v) is 1.93. The molecule has 0 aliphatic heterocycles. The fraction of sp³-hybridized carbons (Fsp3) is 0.176.